The lowest BCUT2D eigenvalue weighted by atomic mass is 9.98. The van der Waals surface area contributed by atoms with Gasteiger partial charge in [-0.2, -0.15) is 0 Å². The molecule has 2 nitrogen and oxygen atoms in total. The minimum atomic E-state index is -0.203. The molecule has 0 aliphatic carbocycles. The highest BCUT2D eigenvalue weighted by atomic mass is 19.1. The van der Waals surface area contributed by atoms with Crippen LogP contribution in [0.15, 0.2) is 12.1 Å². The Morgan fingerprint density at radius 2 is 1.93 bits per heavy atom. The molecule has 84 valence electrons. The third-order valence-corrected chi connectivity index (χ3v) is 2.75. The maximum absolute atomic E-state index is 13.7. The van der Waals surface area contributed by atoms with Crippen molar-refractivity contribution in [3.05, 3.63) is 34.6 Å². The van der Waals surface area contributed by atoms with Gasteiger partial charge in [0.25, 0.3) is 0 Å². The van der Waals surface area contributed by atoms with Crippen LogP contribution >= 0.6 is 0 Å². The molecular weight excluding hydrogens is 193 g/mol. The average molecular weight is 211 g/mol. The highest BCUT2D eigenvalue weighted by molar-refractivity contribution is 5.33. The summed E-state index contributed by atoms with van der Waals surface area (Å²) in [6.45, 7) is 3.91. The normalized spacial score (nSPS) is 12.9. The number of hydrogen-bond acceptors (Lipinski definition) is 2. The molecule has 3 heteroatoms. The summed E-state index contributed by atoms with van der Waals surface area (Å²) in [5, 5.41) is 11.9. The summed E-state index contributed by atoms with van der Waals surface area (Å²) in [5.74, 6) is -0.203. The second-order valence-electron chi connectivity index (χ2n) is 3.81. The molecule has 1 rings (SSSR count). The van der Waals surface area contributed by atoms with E-state index in [-0.39, 0.29) is 18.5 Å². The summed E-state index contributed by atoms with van der Waals surface area (Å²) < 4.78 is 13.7. The van der Waals surface area contributed by atoms with E-state index in [0.29, 0.717) is 12.0 Å². The molecule has 0 aliphatic heterocycles. The predicted molar refractivity (Wildman–Crippen MR) is 59.4 cm³/mol. The number of rotatable bonds is 4. The fourth-order valence-electron chi connectivity index (χ4n) is 1.65. The van der Waals surface area contributed by atoms with Crippen LogP contribution in [0, 0.1) is 19.7 Å². The number of aryl methyl sites for hydroxylation is 2. The first kappa shape index (κ1) is 12.1. The molecule has 0 amide bonds. The first-order valence-corrected chi connectivity index (χ1v) is 5.15. The molecule has 0 saturated heterocycles. The second-order valence-corrected chi connectivity index (χ2v) is 3.81. The Labute approximate surface area is 90.1 Å². The van der Waals surface area contributed by atoms with E-state index in [0.717, 1.165) is 11.1 Å². The standard InChI is InChI=1S/C12H18FNO/c1-8-6-10(11(13)7-9(8)2)12(14-3)4-5-15/h6-7,12,14-15H,4-5H2,1-3H3. The Kier molecular flexibility index (Phi) is 4.24. The van der Waals surface area contributed by atoms with Crippen molar-refractivity contribution in [3.8, 4) is 0 Å². The van der Waals surface area contributed by atoms with Gasteiger partial charge in [-0.1, -0.05) is 6.07 Å². The molecular formula is C12H18FNO. The van der Waals surface area contributed by atoms with Gasteiger partial charge in [-0.3, -0.25) is 0 Å². The lowest BCUT2D eigenvalue weighted by Crippen LogP contribution is -2.19. The van der Waals surface area contributed by atoms with Crippen LogP contribution in [0.3, 0.4) is 0 Å². The third kappa shape index (κ3) is 2.76. The molecule has 0 bridgehead atoms. The van der Waals surface area contributed by atoms with Crippen molar-refractivity contribution < 1.29 is 9.50 Å². The van der Waals surface area contributed by atoms with E-state index in [1.54, 1.807) is 13.1 Å². The van der Waals surface area contributed by atoms with E-state index in [1.165, 1.54) is 0 Å². The van der Waals surface area contributed by atoms with E-state index in [2.05, 4.69) is 5.32 Å². The molecule has 2 N–H and O–H groups in total. The van der Waals surface area contributed by atoms with Crippen LogP contribution in [-0.2, 0) is 0 Å². The number of nitrogens with one attached hydrogen (secondary N) is 1. The molecule has 0 saturated carbocycles. The van der Waals surface area contributed by atoms with Crippen molar-refractivity contribution in [3.63, 3.8) is 0 Å². The lowest BCUT2D eigenvalue weighted by Gasteiger charge is -2.17. The van der Waals surface area contributed by atoms with Crippen molar-refractivity contribution in [2.45, 2.75) is 26.3 Å². The van der Waals surface area contributed by atoms with Gasteiger partial charge in [0.2, 0.25) is 0 Å². The topological polar surface area (TPSA) is 32.3 Å². The SMILES string of the molecule is CNC(CCO)c1cc(C)c(C)cc1F. The molecule has 1 aromatic carbocycles. The van der Waals surface area contributed by atoms with Crippen molar-refractivity contribution in [2.24, 2.45) is 0 Å². The van der Waals surface area contributed by atoms with Gasteiger partial charge in [-0.25, -0.2) is 4.39 Å². The van der Waals surface area contributed by atoms with Crippen LogP contribution in [0.2, 0.25) is 0 Å². The summed E-state index contributed by atoms with van der Waals surface area (Å²) in [6.07, 6.45) is 0.524. The van der Waals surface area contributed by atoms with Gasteiger partial charge < -0.3 is 10.4 Å². The molecule has 0 aromatic heterocycles. The maximum Gasteiger partial charge on any atom is 0.128 e. The van der Waals surface area contributed by atoms with Crippen LogP contribution in [0.4, 0.5) is 4.39 Å². The summed E-state index contributed by atoms with van der Waals surface area (Å²) >= 11 is 0. The van der Waals surface area contributed by atoms with Crippen molar-refractivity contribution in [1.29, 1.82) is 0 Å². The Balaban J connectivity index is 3.06. The van der Waals surface area contributed by atoms with Gasteiger partial charge in [0.05, 0.1) is 0 Å². The Morgan fingerprint density at radius 3 is 2.47 bits per heavy atom. The number of aliphatic hydroxyl groups excluding tert-OH is 1. The zero-order chi connectivity index (χ0) is 11.4. The minimum absolute atomic E-state index is 0.0534. The first-order valence-electron chi connectivity index (χ1n) is 5.15. The molecule has 0 spiro atoms. The Hall–Kier alpha value is -0.930. The van der Waals surface area contributed by atoms with Gasteiger partial charge >= 0.3 is 0 Å². The zero-order valence-electron chi connectivity index (χ0n) is 9.47. The van der Waals surface area contributed by atoms with Gasteiger partial charge in [0, 0.05) is 18.2 Å². The van der Waals surface area contributed by atoms with Crippen LogP contribution in [0.25, 0.3) is 0 Å². The fraction of sp³-hybridized carbons (Fsp3) is 0.500. The number of hydrogen-bond donors (Lipinski definition) is 2. The van der Waals surface area contributed by atoms with Gasteiger partial charge in [-0.15, -0.1) is 0 Å². The van der Waals surface area contributed by atoms with Crippen molar-refractivity contribution in [2.75, 3.05) is 13.7 Å². The molecule has 15 heavy (non-hydrogen) atoms. The summed E-state index contributed by atoms with van der Waals surface area (Å²) in [6, 6.07) is 3.28. The van der Waals surface area contributed by atoms with Gasteiger partial charge in [-0.05, 0) is 44.5 Å². The molecule has 0 radical (unpaired) electrons. The fourth-order valence-corrected chi connectivity index (χ4v) is 1.65. The van der Waals surface area contributed by atoms with Crippen LogP contribution < -0.4 is 5.32 Å². The van der Waals surface area contributed by atoms with E-state index in [1.807, 2.05) is 19.9 Å². The zero-order valence-corrected chi connectivity index (χ0v) is 9.47. The summed E-state index contributed by atoms with van der Waals surface area (Å²) in [5.41, 5.74) is 2.66. The van der Waals surface area contributed by atoms with Gasteiger partial charge in [0.1, 0.15) is 5.82 Å². The predicted octanol–water partition coefficient (Wildman–Crippen LogP) is 2.09. The van der Waals surface area contributed by atoms with E-state index in [9.17, 15) is 4.39 Å². The smallest absolute Gasteiger partial charge is 0.128 e. The molecule has 1 aromatic rings. The van der Waals surface area contributed by atoms with Crippen LogP contribution in [0.1, 0.15) is 29.2 Å². The molecule has 0 aliphatic rings. The van der Waals surface area contributed by atoms with Crippen LogP contribution in [-0.4, -0.2) is 18.8 Å². The number of aliphatic hydroxyl groups is 1. The Bertz CT molecular complexity index is 339. The van der Waals surface area contributed by atoms with Crippen molar-refractivity contribution in [1.82, 2.24) is 5.32 Å². The first-order chi connectivity index (χ1) is 7.10. The highest BCUT2D eigenvalue weighted by Gasteiger charge is 2.14. The van der Waals surface area contributed by atoms with E-state index in [4.69, 9.17) is 5.11 Å². The summed E-state index contributed by atoms with van der Waals surface area (Å²) in [4.78, 5) is 0. The highest BCUT2D eigenvalue weighted by Crippen LogP contribution is 2.22. The average Bonchev–Trinajstić information content (AvgIpc) is 2.20. The van der Waals surface area contributed by atoms with Gasteiger partial charge in [0.15, 0.2) is 0 Å². The summed E-state index contributed by atoms with van der Waals surface area (Å²) in [7, 11) is 1.77. The lowest BCUT2D eigenvalue weighted by molar-refractivity contribution is 0.267. The number of benzene rings is 1. The monoisotopic (exact) mass is 211 g/mol. The molecule has 1 unspecified atom stereocenters. The van der Waals surface area contributed by atoms with E-state index >= 15 is 0 Å². The minimum Gasteiger partial charge on any atom is -0.396 e. The van der Waals surface area contributed by atoms with Crippen molar-refractivity contribution >= 4 is 0 Å². The number of halogens is 1. The molecule has 0 heterocycles. The Morgan fingerprint density at radius 1 is 1.33 bits per heavy atom. The second kappa shape index (κ2) is 5.24. The molecule has 0 fully saturated rings. The van der Waals surface area contributed by atoms with Crippen LogP contribution in [0.5, 0.6) is 0 Å². The quantitative estimate of drug-likeness (QED) is 0.799. The van der Waals surface area contributed by atoms with E-state index < -0.39 is 0 Å². The molecule has 1 atom stereocenters. The largest absolute Gasteiger partial charge is 0.396 e. The third-order valence-electron chi connectivity index (χ3n) is 2.75. The maximum atomic E-state index is 13.7.